The Kier molecular flexibility index (Phi) is 5.98. The van der Waals surface area contributed by atoms with Crippen molar-refractivity contribution in [2.24, 2.45) is 0 Å². The van der Waals surface area contributed by atoms with E-state index in [0.29, 0.717) is 0 Å². The van der Waals surface area contributed by atoms with Gasteiger partial charge in [-0.3, -0.25) is 0 Å². The third kappa shape index (κ3) is 3.72. The lowest BCUT2D eigenvalue weighted by atomic mass is 9.74. The van der Waals surface area contributed by atoms with Crippen molar-refractivity contribution in [3.8, 4) is 0 Å². The van der Waals surface area contributed by atoms with Crippen LogP contribution in [0.3, 0.4) is 0 Å². The highest BCUT2D eigenvalue weighted by Gasteiger charge is 2.34. The molecule has 0 spiro atoms. The number of aliphatic hydroxyl groups excluding tert-OH is 2. The van der Waals surface area contributed by atoms with E-state index in [4.69, 9.17) is 0 Å². The Morgan fingerprint density at radius 2 is 1.08 bits per heavy atom. The fourth-order valence-electron chi connectivity index (χ4n) is 7.96. The molecule has 37 heavy (non-hydrogen) atoms. The minimum Gasteiger partial charge on any atom is -0.392 e. The van der Waals surface area contributed by atoms with Gasteiger partial charge in [0.1, 0.15) is 0 Å². The third-order valence-corrected chi connectivity index (χ3v) is 9.43. The molecule has 2 N–H and O–H groups in total. The lowest BCUT2D eigenvalue weighted by Crippen LogP contribution is -2.36. The Balaban J connectivity index is 1.51. The van der Waals surface area contributed by atoms with Crippen LogP contribution in [0.2, 0.25) is 0 Å². The van der Waals surface area contributed by atoms with Crippen molar-refractivity contribution in [1.29, 1.82) is 0 Å². The van der Waals surface area contributed by atoms with Gasteiger partial charge in [-0.1, -0.05) is 42.5 Å². The van der Waals surface area contributed by atoms with E-state index in [1.807, 2.05) is 0 Å². The number of nitrogens with zero attached hydrogens (tertiary/aromatic N) is 2. The molecule has 3 aromatic rings. The normalized spacial score (nSPS) is 18.1. The molecule has 4 aliphatic rings. The molecule has 4 heteroatoms. The predicted octanol–water partition coefficient (Wildman–Crippen LogP) is 5.25. The van der Waals surface area contributed by atoms with E-state index in [1.54, 1.807) is 0 Å². The number of anilines is 2. The van der Waals surface area contributed by atoms with E-state index in [2.05, 4.69) is 52.3 Å². The molecule has 192 valence electrons. The van der Waals surface area contributed by atoms with Crippen LogP contribution in [0.5, 0.6) is 0 Å². The van der Waals surface area contributed by atoms with Crippen LogP contribution in [0.1, 0.15) is 81.7 Å². The van der Waals surface area contributed by atoms with Crippen molar-refractivity contribution in [2.45, 2.75) is 70.5 Å². The highest BCUT2D eigenvalue weighted by atomic mass is 16.3. The van der Waals surface area contributed by atoms with Gasteiger partial charge < -0.3 is 20.0 Å². The average Bonchev–Trinajstić information content (AvgIpc) is 2.95. The van der Waals surface area contributed by atoms with E-state index in [-0.39, 0.29) is 19.1 Å². The summed E-state index contributed by atoms with van der Waals surface area (Å²) < 4.78 is 0. The zero-order valence-corrected chi connectivity index (χ0v) is 21.8. The molecule has 0 aromatic heterocycles. The summed E-state index contributed by atoms with van der Waals surface area (Å²) in [7, 11) is 0. The minimum atomic E-state index is 0.00297. The molecule has 0 amide bonds. The summed E-state index contributed by atoms with van der Waals surface area (Å²) >= 11 is 0. The first-order valence-corrected chi connectivity index (χ1v) is 14.4. The Labute approximate surface area is 220 Å². The molecule has 4 heterocycles. The molecule has 4 nitrogen and oxygen atoms in total. The van der Waals surface area contributed by atoms with Crippen molar-refractivity contribution < 1.29 is 10.2 Å². The zero-order valence-electron chi connectivity index (χ0n) is 21.8. The van der Waals surface area contributed by atoms with Gasteiger partial charge in [-0.05, 0) is 101 Å². The van der Waals surface area contributed by atoms with Gasteiger partial charge in [-0.15, -0.1) is 0 Å². The Hall–Kier alpha value is -2.82. The van der Waals surface area contributed by atoms with E-state index < -0.39 is 0 Å². The molecule has 0 radical (unpaired) electrons. The maximum absolute atomic E-state index is 10.9. The molecule has 3 aromatic carbocycles. The van der Waals surface area contributed by atoms with Crippen LogP contribution in [0.25, 0.3) is 0 Å². The number of hydrogen-bond acceptors (Lipinski definition) is 4. The molecule has 0 fully saturated rings. The van der Waals surface area contributed by atoms with Gasteiger partial charge in [-0.2, -0.15) is 0 Å². The Morgan fingerprint density at radius 1 is 0.622 bits per heavy atom. The van der Waals surface area contributed by atoms with Crippen LogP contribution in [0, 0.1) is 0 Å². The van der Waals surface area contributed by atoms with Gasteiger partial charge in [0.2, 0.25) is 0 Å². The van der Waals surface area contributed by atoms with Gasteiger partial charge in [0.25, 0.3) is 0 Å². The molecular formula is C33H38N2O2. The number of rotatable bonds is 5. The van der Waals surface area contributed by atoms with Crippen LogP contribution < -0.4 is 9.80 Å². The quantitative estimate of drug-likeness (QED) is 0.476. The molecule has 0 bridgehead atoms. The van der Waals surface area contributed by atoms with Gasteiger partial charge in [0.05, 0.1) is 13.2 Å². The first-order valence-electron chi connectivity index (χ1n) is 14.4. The summed E-state index contributed by atoms with van der Waals surface area (Å²) in [6.07, 6.45) is 9.00. The average molecular weight is 495 g/mol. The van der Waals surface area contributed by atoms with Crippen LogP contribution >= 0.6 is 0 Å². The molecule has 0 unspecified atom stereocenters. The second-order valence-corrected chi connectivity index (χ2v) is 11.4. The first-order chi connectivity index (χ1) is 18.3. The van der Waals surface area contributed by atoms with Crippen LogP contribution in [0.4, 0.5) is 11.4 Å². The molecule has 7 rings (SSSR count). The minimum absolute atomic E-state index is 0.00297. The van der Waals surface area contributed by atoms with E-state index in [0.717, 1.165) is 75.8 Å². The summed E-state index contributed by atoms with van der Waals surface area (Å²) in [5.41, 5.74) is 14.5. The summed E-state index contributed by atoms with van der Waals surface area (Å²) in [5, 5.41) is 21.7. The smallest absolute Gasteiger partial charge is 0.0688 e. The van der Waals surface area contributed by atoms with Crippen molar-refractivity contribution in [1.82, 2.24) is 0 Å². The van der Waals surface area contributed by atoms with Crippen molar-refractivity contribution in [2.75, 3.05) is 36.0 Å². The van der Waals surface area contributed by atoms with Gasteiger partial charge in [0, 0.05) is 43.5 Å². The van der Waals surface area contributed by atoms with Crippen molar-refractivity contribution in [3.63, 3.8) is 0 Å². The summed E-state index contributed by atoms with van der Waals surface area (Å²) in [4.78, 5) is 5.13. The fraction of sp³-hybridized carbons (Fsp3) is 0.455. The standard InChI is InChI=1S/C33H38N2O2/c36-20-29-25-12-6-16-34-14-4-10-23(32(25)34)18-27(29)31(22-8-2-1-3-9-22)28-19-24-11-5-15-35-17-7-13-26(33(24)35)30(28)21-37/h1-3,8-9,18-19,31,36-37H,4-7,10-17,20-21H2. The van der Waals surface area contributed by atoms with Crippen LogP contribution in [0.15, 0.2) is 42.5 Å². The van der Waals surface area contributed by atoms with Crippen molar-refractivity contribution >= 4 is 11.4 Å². The van der Waals surface area contributed by atoms with E-state index in [9.17, 15) is 10.2 Å². The number of benzene rings is 3. The molecule has 0 atom stereocenters. The molecule has 0 aliphatic carbocycles. The highest BCUT2D eigenvalue weighted by molar-refractivity contribution is 5.71. The topological polar surface area (TPSA) is 46.9 Å². The second kappa shape index (κ2) is 9.49. The number of aryl methyl sites for hydroxylation is 2. The molecule has 4 aliphatic heterocycles. The molecule has 0 saturated carbocycles. The van der Waals surface area contributed by atoms with Crippen LogP contribution in [-0.2, 0) is 38.9 Å². The van der Waals surface area contributed by atoms with Crippen molar-refractivity contribution in [3.05, 3.63) is 92.5 Å². The van der Waals surface area contributed by atoms with Gasteiger partial charge >= 0.3 is 0 Å². The number of aliphatic hydroxyl groups is 2. The molecule has 0 saturated heterocycles. The Morgan fingerprint density at radius 3 is 1.54 bits per heavy atom. The van der Waals surface area contributed by atoms with Gasteiger partial charge in [0.15, 0.2) is 0 Å². The summed E-state index contributed by atoms with van der Waals surface area (Å²) in [5.74, 6) is 0.00297. The second-order valence-electron chi connectivity index (χ2n) is 11.4. The van der Waals surface area contributed by atoms with E-state index in [1.165, 1.54) is 63.2 Å². The van der Waals surface area contributed by atoms with Crippen LogP contribution in [-0.4, -0.2) is 36.4 Å². The Bertz CT molecular complexity index is 1240. The monoisotopic (exact) mass is 494 g/mol. The molecular weight excluding hydrogens is 456 g/mol. The predicted molar refractivity (Wildman–Crippen MR) is 150 cm³/mol. The largest absolute Gasteiger partial charge is 0.392 e. The van der Waals surface area contributed by atoms with E-state index >= 15 is 0 Å². The maximum Gasteiger partial charge on any atom is 0.0688 e. The summed E-state index contributed by atoms with van der Waals surface area (Å²) in [6, 6.07) is 15.7. The SMILES string of the molecule is OCc1c(C(c2ccccc2)c2cc3c4c(c2CO)CCCN4CCC3)cc2c3c1CCCN3CCC2. The lowest BCUT2D eigenvalue weighted by molar-refractivity contribution is 0.277. The van der Waals surface area contributed by atoms with Gasteiger partial charge in [-0.25, -0.2) is 0 Å². The fourth-order valence-corrected chi connectivity index (χ4v) is 7.96. The lowest BCUT2D eigenvalue weighted by Gasteiger charge is -2.41. The maximum atomic E-state index is 10.9. The number of hydrogen-bond donors (Lipinski definition) is 2. The highest BCUT2D eigenvalue weighted by Crippen LogP contribution is 2.47. The third-order valence-electron chi connectivity index (χ3n) is 9.43. The summed E-state index contributed by atoms with van der Waals surface area (Å²) in [6.45, 7) is 4.65. The first kappa shape index (κ1) is 23.3. The zero-order chi connectivity index (χ0) is 24.9.